The Morgan fingerprint density at radius 2 is 1.76 bits per heavy atom. The Balaban J connectivity index is 1.79. The second-order valence-corrected chi connectivity index (χ2v) is 6.97. The number of hydrogen-bond acceptors (Lipinski definition) is 3. The molecule has 1 aromatic carbocycles. The summed E-state index contributed by atoms with van der Waals surface area (Å²) in [6, 6.07) is 8.87. The Bertz CT molecular complexity index is 519. The topological polar surface area (TPSA) is 48.9 Å². The van der Waals surface area contributed by atoms with Crippen molar-refractivity contribution in [3.63, 3.8) is 0 Å². The van der Waals surface area contributed by atoms with Gasteiger partial charge in [0.1, 0.15) is 0 Å². The van der Waals surface area contributed by atoms with Crippen molar-refractivity contribution in [2.24, 2.45) is 4.99 Å². The first-order valence-electron chi connectivity index (χ1n) is 9.50. The molecule has 0 saturated carbocycles. The highest BCUT2D eigenvalue weighted by Crippen LogP contribution is 2.14. The summed E-state index contributed by atoms with van der Waals surface area (Å²) in [6.07, 6.45) is 2.98. The third-order valence-electron chi connectivity index (χ3n) is 4.43. The second kappa shape index (κ2) is 10.4. The number of nitrogens with zero attached hydrogens (tertiary/aromatic N) is 2. The molecule has 1 aromatic rings. The van der Waals surface area contributed by atoms with Crippen LogP contribution in [-0.4, -0.2) is 49.7 Å². The van der Waals surface area contributed by atoms with Crippen LogP contribution in [0.15, 0.2) is 29.3 Å². The van der Waals surface area contributed by atoms with Crippen molar-refractivity contribution < 1.29 is 4.74 Å². The van der Waals surface area contributed by atoms with Crippen LogP contribution in [-0.2, 0) is 17.8 Å². The SMILES string of the molecule is CCCCNC(=NC)NCc1ccc(CN2CC(C)OC(C)C2)cc1. The molecule has 0 aromatic heterocycles. The molecule has 140 valence electrons. The zero-order valence-electron chi connectivity index (χ0n) is 16.2. The van der Waals surface area contributed by atoms with Gasteiger partial charge in [-0.2, -0.15) is 0 Å². The summed E-state index contributed by atoms with van der Waals surface area (Å²) >= 11 is 0. The van der Waals surface area contributed by atoms with Gasteiger partial charge >= 0.3 is 0 Å². The van der Waals surface area contributed by atoms with E-state index in [0.29, 0.717) is 12.2 Å². The van der Waals surface area contributed by atoms with Gasteiger partial charge in [-0.05, 0) is 31.4 Å². The van der Waals surface area contributed by atoms with Crippen LogP contribution in [0.5, 0.6) is 0 Å². The van der Waals surface area contributed by atoms with E-state index in [1.807, 2.05) is 7.05 Å². The van der Waals surface area contributed by atoms with E-state index in [1.54, 1.807) is 0 Å². The van der Waals surface area contributed by atoms with Crippen molar-refractivity contribution in [2.75, 3.05) is 26.7 Å². The molecule has 2 atom stereocenters. The molecule has 1 aliphatic heterocycles. The van der Waals surface area contributed by atoms with E-state index >= 15 is 0 Å². The average molecular weight is 347 g/mol. The summed E-state index contributed by atoms with van der Waals surface area (Å²) in [5, 5.41) is 6.70. The second-order valence-electron chi connectivity index (χ2n) is 6.97. The predicted molar refractivity (Wildman–Crippen MR) is 105 cm³/mol. The summed E-state index contributed by atoms with van der Waals surface area (Å²) in [6.45, 7) is 11.3. The summed E-state index contributed by atoms with van der Waals surface area (Å²) in [5.41, 5.74) is 2.63. The molecule has 2 rings (SSSR count). The molecule has 5 nitrogen and oxygen atoms in total. The Hall–Kier alpha value is -1.59. The normalized spacial score (nSPS) is 22.0. The van der Waals surface area contributed by atoms with Crippen molar-refractivity contribution in [3.05, 3.63) is 35.4 Å². The van der Waals surface area contributed by atoms with Crippen LogP contribution >= 0.6 is 0 Å². The van der Waals surface area contributed by atoms with E-state index in [2.05, 4.69) is 65.6 Å². The highest BCUT2D eigenvalue weighted by atomic mass is 16.5. The zero-order chi connectivity index (χ0) is 18.1. The van der Waals surface area contributed by atoms with E-state index in [-0.39, 0.29) is 0 Å². The molecule has 1 fully saturated rings. The number of rotatable bonds is 7. The molecule has 0 spiro atoms. The van der Waals surface area contributed by atoms with E-state index < -0.39 is 0 Å². The molecule has 0 aliphatic carbocycles. The molecule has 0 radical (unpaired) electrons. The molecule has 2 unspecified atom stereocenters. The largest absolute Gasteiger partial charge is 0.373 e. The van der Waals surface area contributed by atoms with Crippen LogP contribution in [0.25, 0.3) is 0 Å². The molecule has 25 heavy (non-hydrogen) atoms. The minimum atomic E-state index is 0.319. The van der Waals surface area contributed by atoms with Crippen LogP contribution in [0.3, 0.4) is 0 Å². The number of guanidine groups is 1. The molecule has 1 heterocycles. The zero-order valence-corrected chi connectivity index (χ0v) is 16.2. The average Bonchev–Trinajstić information content (AvgIpc) is 2.58. The summed E-state index contributed by atoms with van der Waals surface area (Å²) in [7, 11) is 1.81. The van der Waals surface area contributed by atoms with Crippen molar-refractivity contribution in [2.45, 2.75) is 58.9 Å². The Kier molecular flexibility index (Phi) is 8.22. The monoisotopic (exact) mass is 346 g/mol. The maximum Gasteiger partial charge on any atom is 0.191 e. The smallest absolute Gasteiger partial charge is 0.191 e. The lowest BCUT2D eigenvalue weighted by Crippen LogP contribution is -2.44. The lowest BCUT2D eigenvalue weighted by atomic mass is 10.1. The van der Waals surface area contributed by atoms with Gasteiger partial charge in [0.2, 0.25) is 0 Å². The maximum absolute atomic E-state index is 5.81. The minimum absolute atomic E-state index is 0.319. The molecule has 0 amide bonds. The van der Waals surface area contributed by atoms with E-state index in [1.165, 1.54) is 17.5 Å². The number of morpholine rings is 1. The molecular formula is C20H34N4O. The molecule has 1 aliphatic rings. The molecule has 5 heteroatoms. The van der Waals surface area contributed by atoms with E-state index in [0.717, 1.165) is 45.1 Å². The van der Waals surface area contributed by atoms with Gasteiger partial charge in [-0.25, -0.2) is 0 Å². The predicted octanol–water partition coefficient (Wildman–Crippen LogP) is 2.76. The quantitative estimate of drug-likeness (QED) is 0.453. The molecule has 1 saturated heterocycles. The lowest BCUT2D eigenvalue weighted by molar-refractivity contribution is -0.0704. The van der Waals surface area contributed by atoms with Crippen LogP contribution in [0.4, 0.5) is 0 Å². The third-order valence-corrected chi connectivity index (χ3v) is 4.43. The Morgan fingerprint density at radius 1 is 1.12 bits per heavy atom. The number of unbranched alkanes of at least 4 members (excludes halogenated alkanes) is 1. The Labute approximate surface area is 152 Å². The van der Waals surface area contributed by atoms with Crippen LogP contribution in [0.1, 0.15) is 44.7 Å². The first-order valence-corrected chi connectivity index (χ1v) is 9.50. The van der Waals surface area contributed by atoms with Crippen molar-refractivity contribution in [1.82, 2.24) is 15.5 Å². The van der Waals surface area contributed by atoms with Gasteiger partial charge in [-0.3, -0.25) is 9.89 Å². The van der Waals surface area contributed by atoms with Gasteiger partial charge in [-0.15, -0.1) is 0 Å². The number of ether oxygens (including phenoxy) is 1. The number of aliphatic imine (C=N–C) groups is 1. The molecule has 2 N–H and O–H groups in total. The minimum Gasteiger partial charge on any atom is -0.373 e. The van der Waals surface area contributed by atoms with Gasteiger partial charge in [0.15, 0.2) is 5.96 Å². The fraction of sp³-hybridized carbons (Fsp3) is 0.650. The standard InChI is InChI=1S/C20H34N4O/c1-5-6-11-22-20(21-4)23-12-18-7-9-19(10-8-18)15-24-13-16(2)25-17(3)14-24/h7-10,16-17H,5-6,11-15H2,1-4H3,(H2,21,22,23). The lowest BCUT2D eigenvalue weighted by Gasteiger charge is -2.35. The number of nitrogens with one attached hydrogen (secondary N) is 2. The summed E-state index contributed by atoms with van der Waals surface area (Å²) < 4.78 is 5.81. The number of hydrogen-bond donors (Lipinski definition) is 2. The van der Waals surface area contributed by atoms with Crippen molar-refractivity contribution >= 4 is 5.96 Å². The highest BCUT2D eigenvalue weighted by molar-refractivity contribution is 5.79. The summed E-state index contributed by atoms with van der Waals surface area (Å²) in [4.78, 5) is 6.74. The first-order chi connectivity index (χ1) is 12.1. The van der Waals surface area contributed by atoms with Gasteiger partial charge in [0, 0.05) is 39.8 Å². The van der Waals surface area contributed by atoms with Gasteiger partial charge in [-0.1, -0.05) is 37.6 Å². The van der Waals surface area contributed by atoms with Crippen LogP contribution < -0.4 is 10.6 Å². The van der Waals surface area contributed by atoms with Gasteiger partial charge < -0.3 is 15.4 Å². The van der Waals surface area contributed by atoms with Crippen molar-refractivity contribution in [3.8, 4) is 0 Å². The third kappa shape index (κ3) is 7.04. The van der Waals surface area contributed by atoms with Crippen molar-refractivity contribution in [1.29, 1.82) is 0 Å². The fourth-order valence-electron chi connectivity index (χ4n) is 3.22. The van der Waals surface area contributed by atoms with E-state index in [9.17, 15) is 0 Å². The molecular weight excluding hydrogens is 312 g/mol. The first kappa shape index (κ1) is 19.7. The summed E-state index contributed by atoms with van der Waals surface area (Å²) in [5.74, 6) is 0.869. The fourth-order valence-corrected chi connectivity index (χ4v) is 3.22. The van der Waals surface area contributed by atoms with Crippen LogP contribution in [0, 0.1) is 0 Å². The highest BCUT2D eigenvalue weighted by Gasteiger charge is 2.21. The Morgan fingerprint density at radius 3 is 2.36 bits per heavy atom. The number of benzene rings is 1. The van der Waals surface area contributed by atoms with Gasteiger partial charge in [0.25, 0.3) is 0 Å². The van der Waals surface area contributed by atoms with Gasteiger partial charge in [0.05, 0.1) is 12.2 Å². The molecule has 0 bridgehead atoms. The van der Waals surface area contributed by atoms with Crippen LogP contribution in [0.2, 0.25) is 0 Å². The maximum atomic E-state index is 5.81. The van der Waals surface area contributed by atoms with E-state index in [4.69, 9.17) is 4.74 Å².